The Morgan fingerprint density at radius 1 is 1.15 bits per heavy atom. The van der Waals surface area contributed by atoms with Gasteiger partial charge in [0.25, 0.3) is 5.91 Å². The zero-order valence-corrected chi connectivity index (χ0v) is 20.9. The van der Waals surface area contributed by atoms with Gasteiger partial charge in [0.1, 0.15) is 5.75 Å². The maximum atomic E-state index is 13.3. The second-order valence-corrected chi connectivity index (χ2v) is 8.51. The molecule has 1 saturated heterocycles. The van der Waals surface area contributed by atoms with E-state index in [-0.39, 0.29) is 24.2 Å². The number of methoxy groups -OCH3 is 1. The van der Waals surface area contributed by atoms with Gasteiger partial charge in [0.05, 0.1) is 12.7 Å². The molecule has 1 heterocycles. The second kappa shape index (κ2) is 12.6. The van der Waals surface area contributed by atoms with Crippen molar-refractivity contribution < 1.29 is 14.3 Å². The van der Waals surface area contributed by atoms with Gasteiger partial charge in [-0.05, 0) is 50.4 Å². The van der Waals surface area contributed by atoms with Gasteiger partial charge in [-0.25, -0.2) is 0 Å². The smallest absolute Gasteiger partial charge is 0.257 e. The monoisotopic (exact) mass is 473 g/mol. The minimum atomic E-state index is -0.0658. The Bertz CT molecular complexity index is 928. The highest BCUT2D eigenvalue weighted by Gasteiger charge is 2.28. The first-order valence-corrected chi connectivity index (χ1v) is 11.4. The molecule has 0 aromatic heterocycles. The topological polar surface area (TPSA) is 61.9 Å². The van der Waals surface area contributed by atoms with E-state index in [0.717, 1.165) is 44.5 Å². The molecule has 0 radical (unpaired) electrons. The predicted molar refractivity (Wildman–Crippen MR) is 136 cm³/mol. The maximum absolute atomic E-state index is 13.3. The molecule has 1 N–H and O–H groups in total. The predicted octanol–water partition coefficient (Wildman–Crippen LogP) is 4.55. The van der Waals surface area contributed by atoms with Crippen LogP contribution >= 0.6 is 12.4 Å². The van der Waals surface area contributed by atoms with Crippen LogP contribution in [0.3, 0.4) is 0 Å². The molecule has 6 nitrogen and oxygen atoms in total. The van der Waals surface area contributed by atoms with Crippen molar-refractivity contribution in [1.29, 1.82) is 0 Å². The molecule has 0 spiro atoms. The molecule has 3 rings (SSSR count). The van der Waals surface area contributed by atoms with E-state index in [2.05, 4.69) is 41.5 Å². The Hall–Kier alpha value is -2.57. The third-order valence-electron chi connectivity index (χ3n) is 6.31. The van der Waals surface area contributed by atoms with Crippen LogP contribution in [0.2, 0.25) is 0 Å². The fraction of sp³-hybridized carbons (Fsp3) is 0.462. The number of benzene rings is 2. The van der Waals surface area contributed by atoms with Crippen molar-refractivity contribution in [1.82, 2.24) is 9.80 Å². The van der Waals surface area contributed by atoms with Crippen LogP contribution in [0.5, 0.6) is 5.75 Å². The van der Waals surface area contributed by atoms with E-state index in [1.807, 2.05) is 24.0 Å². The summed E-state index contributed by atoms with van der Waals surface area (Å²) < 4.78 is 5.52. The molecule has 2 aromatic carbocycles. The summed E-state index contributed by atoms with van der Waals surface area (Å²) in [5.74, 6) is 0.436. The van der Waals surface area contributed by atoms with E-state index in [0.29, 0.717) is 29.5 Å². The van der Waals surface area contributed by atoms with Gasteiger partial charge >= 0.3 is 0 Å². The number of anilines is 1. The van der Waals surface area contributed by atoms with Crippen LogP contribution in [-0.2, 0) is 11.2 Å². The van der Waals surface area contributed by atoms with Crippen LogP contribution < -0.4 is 10.1 Å². The first-order valence-electron chi connectivity index (χ1n) is 11.4. The summed E-state index contributed by atoms with van der Waals surface area (Å²) in [4.78, 5) is 29.4. The molecule has 0 atom stereocenters. The lowest BCUT2D eigenvalue weighted by molar-refractivity contribution is -0.115. The molecule has 0 saturated carbocycles. The van der Waals surface area contributed by atoms with E-state index in [1.54, 1.807) is 20.1 Å². The number of carbonyl (C=O) groups excluding carboxylic acids is 2. The van der Waals surface area contributed by atoms with Crippen molar-refractivity contribution in [2.45, 2.75) is 45.6 Å². The standard InChI is InChI=1S/C26H35N3O3.ClH/c1-5-24(30)27-21-17-19(2)25(23(18-21)32-4)26(31)29-15-12-22(13-16-29)28(3)14-11-20-9-7-6-8-10-20;/h6-10,17-18,22H,5,11-16H2,1-4H3,(H,27,30);1H. The molecule has 1 aliphatic heterocycles. The first-order chi connectivity index (χ1) is 15.4. The summed E-state index contributed by atoms with van der Waals surface area (Å²) in [5.41, 5.74) is 3.40. The molecular formula is C26H36ClN3O3. The van der Waals surface area contributed by atoms with Crippen molar-refractivity contribution in [3.05, 3.63) is 59.2 Å². The number of hydrogen-bond acceptors (Lipinski definition) is 4. The normalized spacial score (nSPS) is 14.0. The molecule has 0 unspecified atom stereocenters. The number of nitrogens with zero attached hydrogens (tertiary/aromatic N) is 2. The molecule has 0 bridgehead atoms. The quantitative estimate of drug-likeness (QED) is 0.610. The summed E-state index contributed by atoms with van der Waals surface area (Å²) >= 11 is 0. The number of likely N-dealkylation sites (N-methyl/N-ethyl adjacent to an activating group) is 1. The number of halogens is 1. The summed E-state index contributed by atoms with van der Waals surface area (Å²) in [6.45, 7) is 6.17. The molecule has 180 valence electrons. The Morgan fingerprint density at radius 2 is 1.82 bits per heavy atom. The third-order valence-corrected chi connectivity index (χ3v) is 6.31. The van der Waals surface area contributed by atoms with Crippen LogP contribution in [-0.4, -0.2) is 61.4 Å². The van der Waals surface area contributed by atoms with Gasteiger partial charge in [-0.2, -0.15) is 0 Å². The van der Waals surface area contributed by atoms with Crippen LogP contribution in [0.4, 0.5) is 5.69 Å². The van der Waals surface area contributed by atoms with E-state index in [4.69, 9.17) is 4.74 Å². The van der Waals surface area contributed by atoms with Crippen molar-refractivity contribution in [2.75, 3.05) is 39.1 Å². The number of nitrogens with one attached hydrogen (secondary N) is 1. The average molecular weight is 474 g/mol. The third kappa shape index (κ3) is 6.95. The number of likely N-dealkylation sites (tertiary alicyclic amines) is 1. The second-order valence-electron chi connectivity index (χ2n) is 8.51. The van der Waals surface area contributed by atoms with E-state index in [9.17, 15) is 9.59 Å². The van der Waals surface area contributed by atoms with Gasteiger partial charge in [-0.15, -0.1) is 12.4 Å². The average Bonchev–Trinajstić information content (AvgIpc) is 2.82. The van der Waals surface area contributed by atoms with E-state index >= 15 is 0 Å². The maximum Gasteiger partial charge on any atom is 0.257 e. The number of aryl methyl sites for hydroxylation is 1. The fourth-order valence-electron chi connectivity index (χ4n) is 4.31. The van der Waals surface area contributed by atoms with Crippen LogP contribution in [0.15, 0.2) is 42.5 Å². The van der Waals surface area contributed by atoms with Gasteiger partial charge in [0.15, 0.2) is 0 Å². The Kier molecular flexibility index (Phi) is 10.2. The molecular weight excluding hydrogens is 438 g/mol. The highest BCUT2D eigenvalue weighted by molar-refractivity contribution is 6.00. The molecule has 2 aromatic rings. The lowest BCUT2D eigenvalue weighted by atomic mass is 10.00. The Balaban J connectivity index is 0.00000385. The molecule has 33 heavy (non-hydrogen) atoms. The fourth-order valence-corrected chi connectivity index (χ4v) is 4.31. The van der Waals surface area contributed by atoms with Crippen molar-refractivity contribution in [3.63, 3.8) is 0 Å². The van der Waals surface area contributed by atoms with Crippen LogP contribution in [0, 0.1) is 6.92 Å². The molecule has 2 amide bonds. The summed E-state index contributed by atoms with van der Waals surface area (Å²) in [6.07, 6.45) is 3.36. The van der Waals surface area contributed by atoms with E-state index < -0.39 is 0 Å². The summed E-state index contributed by atoms with van der Waals surface area (Å²) in [6, 6.07) is 14.6. The number of ether oxygens (including phenoxy) is 1. The van der Waals surface area contributed by atoms with E-state index in [1.165, 1.54) is 5.56 Å². The minimum absolute atomic E-state index is 0. The summed E-state index contributed by atoms with van der Waals surface area (Å²) in [5, 5.41) is 2.85. The lowest BCUT2D eigenvalue weighted by Crippen LogP contribution is -2.46. The van der Waals surface area contributed by atoms with Gasteiger partial charge in [-0.1, -0.05) is 37.3 Å². The van der Waals surface area contributed by atoms with Gasteiger partial charge in [0, 0.05) is 43.9 Å². The zero-order chi connectivity index (χ0) is 23.1. The Labute approximate surface area is 203 Å². The van der Waals surface area contributed by atoms with Crippen LogP contribution in [0.25, 0.3) is 0 Å². The number of amides is 2. The molecule has 7 heteroatoms. The number of carbonyl (C=O) groups is 2. The molecule has 1 fully saturated rings. The highest BCUT2D eigenvalue weighted by atomic mass is 35.5. The highest BCUT2D eigenvalue weighted by Crippen LogP contribution is 2.30. The summed E-state index contributed by atoms with van der Waals surface area (Å²) in [7, 11) is 3.74. The number of piperidine rings is 1. The van der Waals surface area contributed by atoms with Gasteiger partial charge in [0.2, 0.25) is 5.91 Å². The molecule has 0 aliphatic carbocycles. The Morgan fingerprint density at radius 3 is 2.42 bits per heavy atom. The molecule has 1 aliphatic rings. The number of hydrogen-bond donors (Lipinski definition) is 1. The van der Waals surface area contributed by atoms with Gasteiger partial charge in [-0.3, -0.25) is 9.59 Å². The SMILES string of the molecule is CCC(=O)Nc1cc(C)c(C(=O)N2CCC(N(C)CCc3ccccc3)CC2)c(OC)c1.Cl. The zero-order valence-electron chi connectivity index (χ0n) is 20.1. The van der Waals surface area contributed by atoms with Crippen molar-refractivity contribution in [2.24, 2.45) is 0 Å². The number of rotatable bonds is 8. The first kappa shape index (κ1) is 26.7. The van der Waals surface area contributed by atoms with Crippen LogP contribution in [0.1, 0.15) is 47.7 Å². The minimum Gasteiger partial charge on any atom is -0.496 e. The van der Waals surface area contributed by atoms with Gasteiger partial charge < -0.3 is 19.9 Å². The van der Waals surface area contributed by atoms with Crippen molar-refractivity contribution in [3.8, 4) is 5.75 Å². The largest absolute Gasteiger partial charge is 0.496 e. The lowest BCUT2D eigenvalue weighted by Gasteiger charge is -2.37. The van der Waals surface area contributed by atoms with Crippen molar-refractivity contribution >= 4 is 29.9 Å².